The number of aliphatic carboxylic acids is 1. The minimum Gasteiger partial charge on any atom is -0.493 e. The molecule has 2 aliphatic rings. The monoisotopic (exact) mass is 680 g/mol. The van der Waals surface area contributed by atoms with Crippen molar-refractivity contribution in [2.24, 2.45) is 0 Å². The highest BCUT2D eigenvalue weighted by molar-refractivity contribution is 5.80. The smallest absolute Gasteiger partial charge is 0.303 e. The van der Waals surface area contributed by atoms with Gasteiger partial charge in [0.25, 0.3) is 0 Å². The van der Waals surface area contributed by atoms with E-state index in [1.165, 1.54) is 11.1 Å². The average Bonchev–Trinajstić information content (AvgIpc) is 3.15. The van der Waals surface area contributed by atoms with Gasteiger partial charge in [0.2, 0.25) is 5.91 Å². The van der Waals surface area contributed by atoms with Gasteiger partial charge in [-0.15, -0.1) is 0 Å². The molecule has 10 heteroatoms. The van der Waals surface area contributed by atoms with E-state index in [-0.39, 0.29) is 37.6 Å². The van der Waals surface area contributed by atoms with Crippen LogP contribution in [0.25, 0.3) is 11.1 Å². The Morgan fingerprint density at radius 1 is 0.840 bits per heavy atom. The van der Waals surface area contributed by atoms with Gasteiger partial charge >= 0.3 is 5.97 Å². The van der Waals surface area contributed by atoms with Gasteiger partial charge in [-0.2, -0.15) is 0 Å². The van der Waals surface area contributed by atoms with Crippen LogP contribution in [-0.2, 0) is 45.2 Å². The molecule has 2 aliphatic heterocycles. The number of carbonyl (C=O) groups is 2. The molecule has 6 rings (SSSR count). The maximum absolute atomic E-state index is 12.1. The number of fused-ring (bicyclic) bond motifs is 1. The number of amides is 1. The van der Waals surface area contributed by atoms with Crippen LogP contribution >= 0.6 is 0 Å². The fourth-order valence-electron chi connectivity index (χ4n) is 6.65. The lowest BCUT2D eigenvalue weighted by atomic mass is 9.96. The molecule has 3 unspecified atom stereocenters. The van der Waals surface area contributed by atoms with E-state index in [1.807, 2.05) is 66.7 Å². The summed E-state index contributed by atoms with van der Waals surface area (Å²) in [6.45, 7) is 2.70. The van der Waals surface area contributed by atoms with Gasteiger partial charge in [-0.25, -0.2) is 0 Å². The number of hydrogen-bond donors (Lipinski definition) is 3. The van der Waals surface area contributed by atoms with E-state index in [1.54, 1.807) is 14.2 Å². The summed E-state index contributed by atoms with van der Waals surface area (Å²) in [5.41, 5.74) is 8.16. The van der Waals surface area contributed by atoms with Crippen molar-refractivity contribution in [1.29, 1.82) is 0 Å². The topological polar surface area (TPSA) is 127 Å². The zero-order chi connectivity index (χ0) is 35.0. The van der Waals surface area contributed by atoms with Gasteiger partial charge in [0, 0.05) is 44.6 Å². The Morgan fingerprint density at radius 2 is 1.56 bits per heavy atom. The molecule has 0 saturated carbocycles. The molecule has 4 aromatic rings. The predicted molar refractivity (Wildman–Crippen MR) is 188 cm³/mol. The van der Waals surface area contributed by atoms with Crippen molar-refractivity contribution >= 4 is 11.9 Å². The minimum atomic E-state index is -0.995. The fourth-order valence-corrected chi connectivity index (χ4v) is 6.65. The highest BCUT2D eigenvalue weighted by atomic mass is 16.7. The van der Waals surface area contributed by atoms with Gasteiger partial charge in [-0.1, -0.05) is 60.7 Å². The lowest BCUT2D eigenvalue weighted by Gasteiger charge is -2.39. The van der Waals surface area contributed by atoms with Crippen molar-refractivity contribution in [1.82, 2.24) is 10.2 Å². The highest BCUT2D eigenvalue weighted by Crippen LogP contribution is 2.40. The summed E-state index contributed by atoms with van der Waals surface area (Å²) in [7, 11) is 3.32. The van der Waals surface area contributed by atoms with Gasteiger partial charge in [0.05, 0.1) is 39.5 Å². The normalized spacial score (nSPS) is 19.0. The fraction of sp³-hybridized carbons (Fsp3) is 0.350. The van der Waals surface area contributed by atoms with Crippen LogP contribution in [0.4, 0.5) is 0 Å². The van der Waals surface area contributed by atoms with E-state index in [4.69, 9.17) is 24.1 Å². The maximum atomic E-state index is 12.1. The molecular formula is C40H44N2O8. The van der Waals surface area contributed by atoms with Crippen LogP contribution in [-0.4, -0.2) is 60.4 Å². The molecule has 0 aromatic heterocycles. The van der Waals surface area contributed by atoms with Crippen LogP contribution in [0.3, 0.4) is 0 Å². The summed E-state index contributed by atoms with van der Waals surface area (Å²) in [5.74, 6) is 0.187. The summed E-state index contributed by atoms with van der Waals surface area (Å²) in [6, 6.07) is 28.1. The van der Waals surface area contributed by atoms with Crippen molar-refractivity contribution < 1.29 is 38.7 Å². The van der Waals surface area contributed by atoms with Gasteiger partial charge in [-0.05, 0) is 69.6 Å². The molecule has 2 heterocycles. The van der Waals surface area contributed by atoms with E-state index in [9.17, 15) is 14.7 Å². The summed E-state index contributed by atoms with van der Waals surface area (Å²) >= 11 is 0. The first-order valence-corrected chi connectivity index (χ1v) is 17.0. The number of nitrogens with zero attached hydrogens (tertiary/aromatic N) is 1. The van der Waals surface area contributed by atoms with E-state index >= 15 is 0 Å². The number of carbonyl (C=O) groups excluding carboxylic acids is 1. The third-order valence-corrected chi connectivity index (χ3v) is 9.35. The summed E-state index contributed by atoms with van der Waals surface area (Å²) in [4.78, 5) is 25.3. The van der Waals surface area contributed by atoms with Gasteiger partial charge in [-0.3, -0.25) is 14.5 Å². The number of aliphatic hydroxyl groups excluding tert-OH is 1. The van der Waals surface area contributed by atoms with Crippen LogP contribution in [0, 0.1) is 0 Å². The number of benzene rings is 4. The van der Waals surface area contributed by atoms with E-state index in [2.05, 4.69) is 28.4 Å². The van der Waals surface area contributed by atoms with E-state index in [0.717, 1.165) is 70.9 Å². The number of carboxylic acids is 1. The molecular weight excluding hydrogens is 636 g/mol. The zero-order valence-electron chi connectivity index (χ0n) is 28.5. The highest BCUT2D eigenvalue weighted by Gasteiger charge is 2.34. The molecule has 10 nitrogen and oxygen atoms in total. The first-order valence-electron chi connectivity index (χ1n) is 17.0. The van der Waals surface area contributed by atoms with Gasteiger partial charge in [0.1, 0.15) is 0 Å². The minimum absolute atomic E-state index is 0.0155. The van der Waals surface area contributed by atoms with Crippen LogP contribution in [0.15, 0.2) is 84.9 Å². The predicted octanol–water partition coefficient (Wildman–Crippen LogP) is 5.95. The molecule has 50 heavy (non-hydrogen) atoms. The molecule has 0 aliphatic carbocycles. The van der Waals surface area contributed by atoms with Crippen molar-refractivity contribution in [2.75, 3.05) is 27.3 Å². The molecule has 4 aromatic carbocycles. The molecule has 1 saturated heterocycles. The molecule has 0 bridgehead atoms. The number of rotatable bonds is 13. The second-order valence-electron chi connectivity index (χ2n) is 12.8. The Morgan fingerprint density at radius 3 is 2.28 bits per heavy atom. The van der Waals surface area contributed by atoms with Crippen LogP contribution in [0.1, 0.15) is 65.0 Å². The van der Waals surface area contributed by atoms with Crippen molar-refractivity contribution in [3.63, 3.8) is 0 Å². The number of ether oxygens (including phenoxy) is 4. The summed E-state index contributed by atoms with van der Waals surface area (Å²) in [6.07, 6.45) is 0.428. The van der Waals surface area contributed by atoms with Crippen LogP contribution in [0.5, 0.6) is 11.5 Å². The molecule has 262 valence electrons. The van der Waals surface area contributed by atoms with E-state index < -0.39 is 12.3 Å². The second-order valence-corrected chi connectivity index (χ2v) is 12.8. The molecule has 1 fully saturated rings. The maximum Gasteiger partial charge on any atom is 0.303 e. The number of methoxy groups -OCH3 is 2. The molecule has 0 radical (unpaired) electrons. The lowest BCUT2D eigenvalue weighted by Crippen LogP contribution is -2.41. The Labute approximate surface area is 292 Å². The standard InChI is InChI=1S/C40H44N2O8/c1-47-36-19-31-15-16-42(23-33(31)20-37(36)48-2)24-34-21-35(28-11-9-26(25-43)10-12-28)50-40(49-34)32-8-4-7-30(18-32)29-6-3-5-27(17-29)22-41-38(44)13-14-39(45)46/h3-12,17-20,34-35,40,43H,13-16,21-25H2,1-2H3,(H,41,44)(H,45,46). The molecule has 3 N–H and O–H groups in total. The first-order chi connectivity index (χ1) is 24.3. The van der Waals surface area contributed by atoms with Crippen LogP contribution < -0.4 is 14.8 Å². The summed E-state index contributed by atoms with van der Waals surface area (Å²) in [5, 5.41) is 21.3. The number of hydrogen-bond acceptors (Lipinski definition) is 8. The molecule has 3 atom stereocenters. The SMILES string of the molecule is COc1cc2c(cc1OC)CN(CC1CC(c3ccc(CO)cc3)OC(c3cccc(-c4cccc(CNC(=O)CCC(=O)O)c4)c3)O1)CC2. The van der Waals surface area contributed by atoms with Gasteiger partial charge < -0.3 is 34.5 Å². The first kappa shape index (κ1) is 35.1. The Balaban J connectivity index is 1.20. The third kappa shape index (κ3) is 8.70. The molecule has 0 spiro atoms. The molecule has 1 amide bonds. The number of nitrogens with one attached hydrogen (secondary N) is 1. The van der Waals surface area contributed by atoms with Crippen molar-refractivity contribution in [3.8, 4) is 22.6 Å². The number of aliphatic hydroxyl groups is 1. The summed E-state index contributed by atoms with van der Waals surface area (Å²) < 4.78 is 24.5. The van der Waals surface area contributed by atoms with Gasteiger partial charge in [0.15, 0.2) is 17.8 Å². The van der Waals surface area contributed by atoms with Crippen LogP contribution in [0.2, 0.25) is 0 Å². The zero-order valence-corrected chi connectivity index (χ0v) is 28.5. The lowest BCUT2D eigenvalue weighted by molar-refractivity contribution is -0.253. The van der Waals surface area contributed by atoms with E-state index in [0.29, 0.717) is 13.0 Å². The third-order valence-electron chi connectivity index (χ3n) is 9.35. The quantitative estimate of drug-likeness (QED) is 0.157. The van der Waals surface area contributed by atoms with Crippen molar-refractivity contribution in [3.05, 3.63) is 118 Å². The Bertz CT molecular complexity index is 1790. The number of carboxylic acid groups (broad SMARTS) is 1. The average molecular weight is 681 g/mol. The Hall–Kier alpha value is -4.74. The van der Waals surface area contributed by atoms with Crippen molar-refractivity contribution in [2.45, 2.75) is 63.9 Å². The largest absolute Gasteiger partial charge is 0.493 e. The Kier molecular flexibility index (Phi) is 11.5. The second kappa shape index (κ2) is 16.3.